The van der Waals surface area contributed by atoms with Gasteiger partial charge in [-0.15, -0.1) is 10.2 Å². The monoisotopic (exact) mass is 379 g/mol. The molecule has 4 nitrogen and oxygen atoms in total. The van der Waals surface area contributed by atoms with E-state index in [1.165, 1.54) is 5.57 Å². The van der Waals surface area contributed by atoms with Crippen LogP contribution in [0.1, 0.15) is 36.1 Å². The van der Waals surface area contributed by atoms with E-state index in [2.05, 4.69) is 52.0 Å². The number of hydrogen-bond donors (Lipinski definition) is 0. The Kier molecular flexibility index (Phi) is 4.75. The van der Waals surface area contributed by atoms with Gasteiger partial charge in [0.25, 0.3) is 0 Å². The van der Waals surface area contributed by atoms with E-state index in [0.29, 0.717) is 5.92 Å². The van der Waals surface area contributed by atoms with Crippen LogP contribution in [-0.4, -0.2) is 21.9 Å². The first kappa shape index (κ1) is 17.8. The zero-order valence-electron chi connectivity index (χ0n) is 15.7. The van der Waals surface area contributed by atoms with Crippen LogP contribution in [0.3, 0.4) is 0 Å². The number of aryl methyl sites for hydroxylation is 1. The van der Waals surface area contributed by atoms with Crippen LogP contribution in [0, 0.1) is 12.8 Å². The maximum absolute atomic E-state index is 6.13. The van der Waals surface area contributed by atoms with Gasteiger partial charge in [0.05, 0.1) is 12.8 Å². The van der Waals surface area contributed by atoms with Gasteiger partial charge < -0.3 is 4.74 Å². The minimum atomic E-state index is 0.373. The zero-order valence-corrected chi connectivity index (χ0v) is 16.5. The molecule has 2 aromatic carbocycles. The van der Waals surface area contributed by atoms with Gasteiger partial charge in [-0.2, -0.15) is 0 Å². The van der Waals surface area contributed by atoms with E-state index in [9.17, 15) is 0 Å². The Morgan fingerprint density at radius 2 is 1.93 bits per heavy atom. The van der Waals surface area contributed by atoms with E-state index in [0.717, 1.165) is 52.1 Å². The molecule has 138 valence electrons. The number of aromatic nitrogens is 3. The van der Waals surface area contributed by atoms with E-state index >= 15 is 0 Å². The Bertz CT molecular complexity index is 1000. The molecule has 1 unspecified atom stereocenters. The van der Waals surface area contributed by atoms with E-state index in [1.54, 1.807) is 7.11 Å². The lowest BCUT2D eigenvalue weighted by molar-refractivity contribution is 0.414. The van der Waals surface area contributed by atoms with E-state index < -0.39 is 0 Å². The molecule has 0 saturated heterocycles. The fourth-order valence-electron chi connectivity index (χ4n) is 3.67. The third-order valence-corrected chi connectivity index (χ3v) is 5.41. The molecule has 1 aliphatic heterocycles. The van der Waals surface area contributed by atoms with Crippen molar-refractivity contribution in [3.05, 3.63) is 76.3 Å². The highest BCUT2D eigenvalue weighted by atomic mass is 35.5. The molecule has 4 rings (SSSR count). The van der Waals surface area contributed by atoms with E-state index in [4.69, 9.17) is 16.3 Å². The lowest BCUT2D eigenvalue weighted by Crippen LogP contribution is -2.14. The van der Waals surface area contributed by atoms with Crippen LogP contribution < -0.4 is 4.74 Å². The normalized spacial score (nSPS) is 16.0. The fourth-order valence-corrected chi connectivity index (χ4v) is 3.79. The quantitative estimate of drug-likeness (QED) is 0.623. The highest BCUT2D eigenvalue weighted by molar-refractivity contribution is 6.30. The molecule has 5 heteroatoms. The Hall–Kier alpha value is -2.59. The Morgan fingerprint density at radius 1 is 1.15 bits per heavy atom. The molecule has 0 aliphatic carbocycles. The number of rotatable bonds is 3. The molecule has 0 N–H and O–H groups in total. The van der Waals surface area contributed by atoms with Crippen LogP contribution >= 0.6 is 11.6 Å². The van der Waals surface area contributed by atoms with Gasteiger partial charge >= 0.3 is 0 Å². The number of fused-ring (bicyclic) bond motifs is 3. The molecule has 1 atom stereocenters. The Morgan fingerprint density at radius 3 is 2.63 bits per heavy atom. The van der Waals surface area contributed by atoms with Gasteiger partial charge in [-0.25, -0.2) is 0 Å². The largest absolute Gasteiger partial charge is 0.497 e. The summed E-state index contributed by atoms with van der Waals surface area (Å²) in [7, 11) is 1.70. The summed E-state index contributed by atoms with van der Waals surface area (Å²) in [5.41, 5.74) is 4.51. The van der Waals surface area contributed by atoms with Gasteiger partial charge in [0.1, 0.15) is 17.4 Å². The minimum Gasteiger partial charge on any atom is -0.497 e. The van der Waals surface area contributed by atoms with Gasteiger partial charge in [-0.05, 0) is 60.7 Å². The lowest BCUT2D eigenvalue weighted by Gasteiger charge is -2.23. The molecule has 0 spiro atoms. The van der Waals surface area contributed by atoms with Crippen molar-refractivity contribution in [1.29, 1.82) is 0 Å². The van der Waals surface area contributed by atoms with E-state index in [-0.39, 0.29) is 0 Å². The average Bonchev–Trinajstić information content (AvgIpc) is 3.03. The van der Waals surface area contributed by atoms with Crippen molar-refractivity contribution in [2.45, 2.75) is 26.7 Å². The molecule has 0 radical (unpaired) electrons. The summed E-state index contributed by atoms with van der Waals surface area (Å²) in [5.74, 6) is 3.09. The van der Waals surface area contributed by atoms with E-state index in [1.807, 2.05) is 25.1 Å². The molecule has 0 saturated carbocycles. The first-order chi connectivity index (χ1) is 13.1. The minimum absolute atomic E-state index is 0.373. The van der Waals surface area contributed by atoms with Gasteiger partial charge in [-0.3, -0.25) is 4.57 Å². The number of allylic oxidation sites excluding steroid dienone is 1. The average molecular weight is 380 g/mol. The van der Waals surface area contributed by atoms with Crippen LogP contribution in [0.5, 0.6) is 5.75 Å². The number of halogens is 1. The smallest absolute Gasteiger partial charge is 0.138 e. The van der Waals surface area contributed by atoms with Crippen molar-refractivity contribution in [2.75, 3.05) is 7.11 Å². The molecule has 1 aliphatic rings. The van der Waals surface area contributed by atoms with Crippen molar-refractivity contribution in [3.63, 3.8) is 0 Å². The van der Waals surface area contributed by atoms with Crippen molar-refractivity contribution in [3.8, 4) is 11.4 Å². The number of hydrogen-bond acceptors (Lipinski definition) is 3. The number of methoxy groups -OCH3 is 1. The summed E-state index contributed by atoms with van der Waals surface area (Å²) in [6, 6.07) is 14.2. The Labute approximate surface area is 164 Å². The van der Waals surface area contributed by atoms with Gasteiger partial charge in [-0.1, -0.05) is 36.7 Å². The maximum Gasteiger partial charge on any atom is 0.138 e. The van der Waals surface area contributed by atoms with Gasteiger partial charge in [0.2, 0.25) is 0 Å². The van der Waals surface area contributed by atoms with Crippen LogP contribution in [0.4, 0.5) is 0 Å². The second-order valence-corrected chi connectivity index (χ2v) is 7.28. The molecular weight excluding hydrogens is 358 g/mol. The lowest BCUT2D eigenvalue weighted by atomic mass is 9.88. The molecular formula is C22H22ClN3O. The molecule has 1 aromatic heterocycles. The molecule has 0 bridgehead atoms. The predicted octanol–water partition coefficient (Wildman–Crippen LogP) is 5.25. The summed E-state index contributed by atoms with van der Waals surface area (Å²) in [5, 5.41) is 9.52. The highest BCUT2D eigenvalue weighted by Crippen LogP contribution is 2.36. The zero-order chi connectivity index (χ0) is 19.0. The van der Waals surface area contributed by atoms with Crippen molar-refractivity contribution < 1.29 is 4.74 Å². The number of benzene rings is 2. The van der Waals surface area contributed by atoms with Crippen LogP contribution in [0.25, 0.3) is 11.3 Å². The second kappa shape index (κ2) is 7.20. The molecule has 27 heavy (non-hydrogen) atoms. The maximum atomic E-state index is 6.13. The number of ether oxygens (including phenoxy) is 1. The SMILES string of the molecule is CCC1C=C(c2ccc(Cl)cc2)c2cc(OC)ccc2-n2c(C)nnc2C1. The van der Waals surface area contributed by atoms with Gasteiger partial charge in [0, 0.05) is 17.0 Å². The number of nitrogens with zero attached hydrogens (tertiary/aromatic N) is 3. The predicted molar refractivity (Wildman–Crippen MR) is 109 cm³/mol. The van der Waals surface area contributed by atoms with Crippen molar-refractivity contribution >= 4 is 17.2 Å². The van der Waals surface area contributed by atoms with Crippen molar-refractivity contribution in [2.24, 2.45) is 5.92 Å². The van der Waals surface area contributed by atoms with Crippen LogP contribution in [-0.2, 0) is 6.42 Å². The van der Waals surface area contributed by atoms with Crippen molar-refractivity contribution in [1.82, 2.24) is 14.8 Å². The third-order valence-electron chi connectivity index (χ3n) is 5.15. The Balaban J connectivity index is 2.01. The topological polar surface area (TPSA) is 39.9 Å². The molecule has 0 amide bonds. The summed E-state index contributed by atoms with van der Waals surface area (Å²) < 4.78 is 7.69. The fraction of sp³-hybridized carbons (Fsp3) is 0.273. The summed E-state index contributed by atoms with van der Waals surface area (Å²) >= 11 is 6.13. The second-order valence-electron chi connectivity index (χ2n) is 6.84. The first-order valence-corrected chi connectivity index (χ1v) is 9.56. The summed E-state index contributed by atoms with van der Waals surface area (Å²) in [6.07, 6.45) is 4.25. The first-order valence-electron chi connectivity index (χ1n) is 9.18. The highest BCUT2D eigenvalue weighted by Gasteiger charge is 2.23. The van der Waals surface area contributed by atoms with Crippen LogP contribution in [0.15, 0.2) is 48.5 Å². The standard InChI is InChI=1S/C22H22ClN3O/c1-4-15-11-19(16-5-7-17(23)8-6-16)20-13-18(27-3)9-10-21(20)26-14(2)24-25-22(26)12-15/h5-11,13,15H,4,12H2,1-3H3. The third kappa shape index (κ3) is 3.26. The van der Waals surface area contributed by atoms with Crippen LogP contribution in [0.2, 0.25) is 5.02 Å². The molecule has 2 heterocycles. The van der Waals surface area contributed by atoms with Gasteiger partial charge in [0.15, 0.2) is 0 Å². The summed E-state index contributed by atoms with van der Waals surface area (Å²) in [6.45, 7) is 4.21. The molecule has 3 aromatic rings. The summed E-state index contributed by atoms with van der Waals surface area (Å²) in [4.78, 5) is 0. The molecule has 0 fully saturated rings.